The van der Waals surface area contributed by atoms with Crippen LogP contribution in [0.1, 0.15) is 12.5 Å². The molecule has 1 saturated heterocycles. The van der Waals surface area contributed by atoms with E-state index >= 15 is 0 Å². The number of piperazine rings is 1. The first-order valence-corrected chi connectivity index (χ1v) is 12.6. The van der Waals surface area contributed by atoms with Crippen LogP contribution in [-0.4, -0.2) is 89.1 Å². The average Bonchev–Trinajstić information content (AvgIpc) is 3.65. The van der Waals surface area contributed by atoms with E-state index in [1.165, 1.54) is 10.8 Å². The monoisotopic (exact) mass is 533 g/mol. The van der Waals surface area contributed by atoms with Gasteiger partial charge in [0.25, 0.3) is 0 Å². The van der Waals surface area contributed by atoms with E-state index in [1.54, 1.807) is 26.2 Å². The molecule has 1 atom stereocenters. The Labute approximate surface area is 225 Å². The average molecular weight is 534 g/mol. The van der Waals surface area contributed by atoms with Crippen molar-refractivity contribution in [1.29, 1.82) is 5.41 Å². The van der Waals surface area contributed by atoms with E-state index in [0.717, 1.165) is 17.7 Å². The molecule has 4 heterocycles. The van der Waals surface area contributed by atoms with Crippen molar-refractivity contribution in [3.05, 3.63) is 48.2 Å². The summed E-state index contributed by atoms with van der Waals surface area (Å²) in [6.07, 6.45) is 2.64. The second-order valence-electron chi connectivity index (χ2n) is 9.04. The van der Waals surface area contributed by atoms with Crippen molar-refractivity contribution in [2.75, 3.05) is 62.5 Å². The number of methoxy groups -OCH3 is 1. The van der Waals surface area contributed by atoms with Crippen LogP contribution in [-0.2, 0) is 9.53 Å². The summed E-state index contributed by atoms with van der Waals surface area (Å²) in [4.78, 5) is 26.2. The standard InChI is InChI=1S/C26H31N9O4/c1-17(25(36)34-11-9-33(10-12-34)18-5-7-19(8-6-18)38-15-14-37-2)29-22-20(16-27)24-30-23(21-4-3-13-39-21)32-35(24)26(28)31-22/h3-8,13,16-17,27,29H,9-12,14-15H2,1-2H3,(H2,28,31). The fourth-order valence-corrected chi connectivity index (χ4v) is 4.45. The fraction of sp³-hybridized carbons (Fsp3) is 0.346. The molecule has 1 unspecified atom stereocenters. The first kappa shape index (κ1) is 26.0. The molecule has 5 rings (SSSR count). The number of hydrogen-bond donors (Lipinski definition) is 3. The molecule has 4 aromatic rings. The molecular formula is C26H31N9O4. The number of aromatic nitrogens is 4. The maximum atomic E-state index is 13.3. The number of benzene rings is 1. The highest BCUT2D eigenvalue weighted by Crippen LogP contribution is 2.24. The third-order valence-corrected chi connectivity index (χ3v) is 6.51. The van der Waals surface area contributed by atoms with Gasteiger partial charge in [-0.1, -0.05) is 0 Å². The molecule has 1 amide bonds. The number of anilines is 3. The van der Waals surface area contributed by atoms with Gasteiger partial charge in [-0.2, -0.15) is 9.50 Å². The molecule has 204 valence electrons. The molecule has 13 nitrogen and oxygen atoms in total. The lowest BCUT2D eigenvalue weighted by molar-refractivity contribution is -0.131. The number of amides is 1. The molecule has 1 aromatic carbocycles. The maximum Gasteiger partial charge on any atom is 0.244 e. The molecular weight excluding hydrogens is 502 g/mol. The zero-order chi connectivity index (χ0) is 27.4. The number of furan rings is 1. The minimum atomic E-state index is -0.597. The molecule has 1 fully saturated rings. The zero-order valence-corrected chi connectivity index (χ0v) is 21.8. The lowest BCUT2D eigenvalue weighted by Crippen LogP contribution is -2.52. The Balaban J connectivity index is 1.22. The Hall–Kier alpha value is -4.65. The predicted molar refractivity (Wildman–Crippen MR) is 146 cm³/mol. The van der Waals surface area contributed by atoms with Crippen LogP contribution in [0.5, 0.6) is 5.75 Å². The molecule has 0 radical (unpaired) electrons. The number of ether oxygens (including phenoxy) is 2. The quantitative estimate of drug-likeness (QED) is 0.203. The van der Waals surface area contributed by atoms with Crippen molar-refractivity contribution in [1.82, 2.24) is 24.5 Å². The summed E-state index contributed by atoms with van der Waals surface area (Å²) in [7, 11) is 1.64. The largest absolute Gasteiger partial charge is 0.491 e. The molecule has 4 N–H and O–H groups in total. The minimum Gasteiger partial charge on any atom is -0.491 e. The lowest BCUT2D eigenvalue weighted by Gasteiger charge is -2.37. The number of carbonyl (C=O) groups excluding carboxylic acids is 1. The van der Waals surface area contributed by atoms with E-state index in [2.05, 4.69) is 25.3 Å². The Morgan fingerprint density at radius 2 is 1.95 bits per heavy atom. The van der Waals surface area contributed by atoms with Gasteiger partial charge in [0.15, 0.2) is 11.4 Å². The molecule has 1 aliphatic rings. The van der Waals surface area contributed by atoms with Gasteiger partial charge in [0, 0.05) is 45.2 Å². The summed E-state index contributed by atoms with van der Waals surface area (Å²) in [6, 6.07) is 10.8. The van der Waals surface area contributed by atoms with E-state index in [0.29, 0.717) is 68.0 Å². The van der Waals surface area contributed by atoms with Gasteiger partial charge in [-0.3, -0.25) is 4.79 Å². The smallest absolute Gasteiger partial charge is 0.244 e. The van der Waals surface area contributed by atoms with Crippen LogP contribution in [0.2, 0.25) is 0 Å². The van der Waals surface area contributed by atoms with Gasteiger partial charge in [-0.15, -0.1) is 5.10 Å². The zero-order valence-electron chi connectivity index (χ0n) is 21.8. The molecule has 0 spiro atoms. The van der Waals surface area contributed by atoms with E-state index in [4.69, 9.17) is 25.0 Å². The van der Waals surface area contributed by atoms with E-state index in [9.17, 15) is 4.79 Å². The summed E-state index contributed by atoms with van der Waals surface area (Å²) in [6.45, 7) is 5.40. The number of nitrogen functional groups attached to an aromatic ring is 1. The lowest BCUT2D eigenvalue weighted by atomic mass is 10.2. The highest BCUT2D eigenvalue weighted by Gasteiger charge is 2.27. The van der Waals surface area contributed by atoms with Crippen LogP contribution in [0.4, 0.5) is 17.5 Å². The van der Waals surface area contributed by atoms with Crippen LogP contribution in [0.15, 0.2) is 47.1 Å². The third kappa shape index (κ3) is 5.48. The minimum absolute atomic E-state index is 0.0644. The van der Waals surface area contributed by atoms with E-state index < -0.39 is 6.04 Å². The van der Waals surface area contributed by atoms with Gasteiger partial charge in [0.05, 0.1) is 18.4 Å². The first-order valence-electron chi connectivity index (χ1n) is 12.6. The summed E-state index contributed by atoms with van der Waals surface area (Å²) in [5, 5.41) is 15.4. The van der Waals surface area contributed by atoms with Crippen molar-refractivity contribution in [2.24, 2.45) is 0 Å². The molecule has 0 bridgehead atoms. The van der Waals surface area contributed by atoms with Gasteiger partial charge in [0.1, 0.15) is 24.2 Å². The summed E-state index contributed by atoms with van der Waals surface area (Å²) >= 11 is 0. The second kappa shape index (κ2) is 11.4. The van der Waals surface area contributed by atoms with Gasteiger partial charge in [-0.25, -0.2) is 4.98 Å². The second-order valence-corrected chi connectivity index (χ2v) is 9.04. The first-order chi connectivity index (χ1) is 19.0. The van der Waals surface area contributed by atoms with Crippen LogP contribution >= 0.6 is 0 Å². The van der Waals surface area contributed by atoms with Gasteiger partial charge in [-0.05, 0) is 43.3 Å². The molecule has 13 heteroatoms. The van der Waals surface area contributed by atoms with Crippen LogP contribution in [0, 0.1) is 5.41 Å². The molecule has 1 aliphatic heterocycles. The molecule has 0 aliphatic carbocycles. The number of rotatable bonds is 10. The van der Waals surface area contributed by atoms with Crippen molar-refractivity contribution in [2.45, 2.75) is 13.0 Å². The SMILES string of the molecule is COCCOc1ccc(N2CCN(C(=O)C(C)Nc3nc(N)n4nc(-c5ccco5)nc4c3C=N)CC2)cc1. The fourth-order valence-electron chi connectivity index (χ4n) is 4.45. The van der Waals surface area contributed by atoms with Gasteiger partial charge < -0.3 is 40.2 Å². The van der Waals surface area contributed by atoms with Gasteiger partial charge >= 0.3 is 0 Å². The molecule has 0 saturated carbocycles. The molecule has 3 aromatic heterocycles. The number of carbonyl (C=O) groups is 1. The van der Waals surface area contributed by atoms with E-state index in [-0.39, 0.29) is 11.9 Å². The normalized spacial score (nSPS) is 14.4. The highest BCUT2D eigenvalue weighted by molar-refractivity contribution is 5.94. The summed E-state index contributed by atoms with van der Waals surface area (Å²) < 4.78 is 17.4. The predicted octanol–water partition coefficient (Wildman–Crippen LogP) is 2.14. The highest BCUT2D eigenvalue weighted by atomic mass is 16.5. The summed E-state index contributed by atoms with van der Waals surface area (Å²) in [5.74, 6) is 1.89. The van der Waals surface area contributed by atoms with Crippen molar-refractivity contribution >= 4 is 35.2 Å². The number of nitrogens with zero attached hydrogens (tertiary/aromatic N) is 6. The van der Waals surface area contributed by atoms with E-state index in [1.807, 2.05) is 29.2 Å². The van der Waals surface area contributed by atoms with Crippen LogP contribution in [0.25, 0.3) is 17.2 Å². The van der Waals surface area contributed by atoms with Crippen molar-refractivity contribution < 1.29 is 18.7 Å². The van der Waals surface area contributed by atoms with Crippen LogP contribution < -0.4 is 20.7 Å². The Kier molecular flexibility index (Phi) is 7.59. The van der Waals surface area contributed by atoms with Crippen molar-refractivity contribution in [3.8, 4) is 17.3 Å². The molecule has 39 heavy (non-hydrogen) atoms. The topological polar surface area (TPSA) is 160 Å². The van der Waals surface area contributed by atoms with Crippen molar-refractivity contribution in [3.63, 3.8) is 0 Å². The Morgan fingerprint density at radius 3 is 2.62 bits per heavy atom. The third-order valence-electron chi connectivity index (χ3n) is 6.51. The summed E-state index contributed by atoms with van der Waals surface area (Å²) in [5.41, 5.74) is 7.93. The van der Waals surface area contributed by atoms with Crippen LogP contribution in [0.3, 0.4) is 0 Å². The maximum absolute atomic E-state index is 13.3. The number of nitrogens with one attached hydrogen (secondary N) is 2. The Morgan fingerprint density at radius 1 is 1.18 bits per heavy atom. The van der Waals surface area contributed by atoms with Gasteiger partial charge in [0.2, 0.25) is 17.7 Å². The number of hydrogen-bond acceptors (Lipinski definition) is 11. The Bertz CT molecular complexity index is 1430. The number of fused-ring (bicyclic) bond motifs is 1. The number of nitrogens with two attached hydrogens (primary N) is 1.